The number of aromatic carboxylic acids is 1. The standard InChI is InChI=1S/C18H17BrN2O4/c19-13-3-1-12(2-4-13)17(22)20-14-5-6-16(15(11-14)18(23)24)21-7-9-25-10-8-21/h1-6,11H,7-10H2,(H,20,22)(H,23,24). The third-order valence-electron chi connectivity index (χ3n) is 3.94. The summed E-state index contributed by atoms with van der Waals surface area (Å²) >= 11 is 3.32. The average molecular weight is 405 g/mol. The van der Waals surface area contributed by atoms with Crippen molar-refractivity contribution in [3.05, 3.63) is 58.1 Å². The van der Waals surface area contributed by atoms with Crippen LogP contribution in [0.15, 0.2) is 46.9 Å². The number of rotatable bonds is 4. The van der Waals surface area contributed by atoms with Gasteiger partial charge in [0.25, 0.3) is 5.91 Å². The summed E-state index contributed by atoms with van der Waals surface area (Å²) in [5.74, 6) is -1.32. The van der Waals surface area contributed by atoms with Gasteiger partial charge in [0.05, 0.1) is 24.5 Å². The molecule has 1 aliphatic heterocycles. The lowest BCUT2D eigenvalue weighted by atomic mass is 10.1. The molecule has 7 heteroatoms. The van der Waals surface area contributed by atoms with Crippen molar-refractivity contribution in [2.24, 2.45) is 0 Å². The Kier molecular flexibility index (Phi) is 5.35. The van der Waals surface area contributed by atoms with Crippen LogP contribution in [-0.4, -0.2) is 43.3 Å². The predicted molar refractivity (Wildman–Crippen MR) is 98.5 cm³/mol. The van der Waals surface area contributed by atoms with Crippen LogP contribution in [-0.2, 0) is 4.74 Å². The topological polar surface area (TPSA) is 78.9 Å². The molecule has 130 valence electrons. The summed E-state index contributed by atoms with van der Waals surface area (Å²) in [7, 11) is 0. The number of hydrogen-bond acceptors (Lipinski definition) is 4. The van der Waals surface area contributed by atoms with Crippen LogP contribution in [0.1, 0.15) is 20.7 Å². The van der Waals surface area contributed by atoms with Gasteiger partial charge in [-0.15, -0.1) is 0 Å². The van der Waals surface area contributed by atoms with Crippen molar-refractivity contribution >= 4 is 39.2 Å². The van der Waals surface area contributed by atoms with Gasteiger partial charge in [-0.25, -0.2) is 4.79 Å². The van der Waals surface area contributed by atoms with Gasteiger partial charge in [-0.1, -0.05) is 15.9 Å². The molecule has 0 spiro atoms. The highest BCUT2D eigenvalue weighted by atomic mass is 79.9. The molecule has 1 saturated heterocycles. The number of carbonyl (C=O) groups excluding carboxylic acids is 1. The van der Waals surface area contributed by atoms with E-state index in [0.717, 1.165) is 4.47 Å². The van der Waals surface area contributed by atoms with Crippen molar-refractivity contribution in [3.8, 4) is 0 Å². The number of nitrogens with one attached hydrogen (secondary N) is 1. The molecule has 0 aromatic heterocycles. The first-order chi connectivity index (χ1) is 12.0. The zero-order valence-electron chi connectivity index (χ0n) is 13.4. The number of halogens is 1. The smallest absolute Gasteiger partial charge is 0.337 e. The van der Waals surface area contributed by atoms with Gasteiger partial charge in [0.2, 0.25) is 0 Å². The van der Waals surface area contributed by atoms with Gasteiger partial charge in [-0.3, -0.25) is 4.79 Å². The van der Waals surface area contributed by atoms with Crippen molar-refractivity contribution in [1.29, 1.82) is 0 Å². The van der Waals surface area contributed by atoms with Crippen LogP contribution in [0.4, 0.5) is 11.4 Å². The average Bonchev–Trinajstić information content (AvgIpc) is 2.63. The van der Waals surface area contributed by atoms with Crippen LogP contribution in [0, 0.1) is 0 Å². The van der Waals surface area contributed by atoms with Gasteiger partial charge < -0.3 is 20.1 Å². The first-order valence-electron chi connectivity index (χ1n) is 7.81. The Morgan fingerprint density at radius 3 is 2.40 bits per heavy atom. The second kappa shape index (κ2) is 7.67. The molecule has 2 aromatic carbocycles. The molecule has 2 N–H and O–H groups in total. The van der Waals surface area contributed by atoms with Gasteiger partial charge >= 0.3 is 5.97 Å². The van der Waals surface area contributed by atoms with Crippen molar-refractivity contribution < 1.29 is 19.4 Å². The molecule has 1 heterocycles. The summed E-state index contributed by atoms with van der Waals surface area (Å²) in [6.07, 6.45) is 0. The fourth-order valence-electron chi connectivity index (χ4n) is 2.67. The van der Waals surface area contributed by atoms with E-state index in [4.69, 9.17) is 4.74 Å². The monoisotopic (exact) mass is 404 g/mol. The first-order valence-corrected chi connectivity index (χ1v) is 8.61. The maximum atomic E-state index is 12.3. The van der Waals surface area contributed by atoms with E-state index in [1.54, 1.807) is 36.4 Å². The van der Waals surface area contributed by atoms with Crippen LogP contribution in [0.5, 0.6) is 0 Å². The molecule has 0 unspecified atom stereocenters. The lowest BCUT2D eigenvalue weighted by Crippen LogP contribution is -2.37. The van der Waals surface area contributed by atoms with Gasteiger partial charge in [-0.2, -0.15) is 0 Å². The zero-order valence-corrected chi connectivity index (χ0v) is 15.0. The number of ether oxygens (including phenoxy) is 1. The number of amides is 1. The van der Waals surface area contributed by atoms with Gasteiger partial charge in [-0.05, 0) is 42.5 Å². The molecular formula is C18H17BrN2O4. The van der Waals surface area contributed by atoms with E-state index in [0.29, 0.717) is 43.2 Å². The summed E-state index contributed by atoms with van der Waals surface area (Å²) in [6.45, 7) is 2.43. The van der Waals surface area contributed by atoms with E-state index < -0.39 is 5.97 Å². The lowest BCUT2D eigenvalue weighted by Gasteiger charge is -2.30. The summed E-state index contributed by atoms with van der Waals surface area (Å²) < 4.78 is 6.19. The molecule has 6 nitrogen and oxygen atoms in total. The number of carboxylic acids is 1. The van der Waals surface area contributed by atoms with Crippen molar-refractivity contribution in [2.75, 3.05) is 36.5 Å². The minimum atomic E-state index is -1.03. The van der Waals surface area contributed by atoms with Crippen LogP contribution in [0.2, 0.25) is 0 Å². The quantitative estimate of drug-likeness (QED) is 0.817. The Bertz CT molecular complexity index is 786. The fourth-order valence-corrected chi connectivity index (χ4v) is 2.93. The van der Waals surface area contributed by atoms with E-state index >= 15 is 0 Å². The molecule has 0 bridgehead atoms. The summed E-state index contributed by atoms with van der Waals surface area (Å²) in [4.78, 5) is 25.9. The SMILES string of the molecule is O=C(Nc1ccc(N2CCOCC2)c(C(=O)O)c1)c1ccc(Br)cc1. The number of hydrogen-bond donors (Lipinski definition) is 2. The number of nitrogens with zero attached hydrogens (tertiary/aromatic N) is 1. The van der Waals surface area contributed by atoms with E-state index in [1.165, 1.54) is 6.07 Å². The highest BCUT2D eigenvalue weighted by Gasteiger charge is 2.19. The molecular weight excluding hydrogens is 388 g/mol. The maximum absolute atomic E-state index is 12.3. The van der Waals surface area contributed by atoms with Gasteiger partial charge in [0.1, 0.15) is 0 Å². The first kappa shape index (κ1) is 17.4. The Hall–Kier alpha value is -2.38. The number of anilines is 2. The Morgan fingerprint density at radius 2 is 1.76 bits per heavy atom. The molecule has 0 radical (unpaired) electrons. The lowest BCUT2D eigenvalue weighted by molar-refractivity contribution is 0.0696. The minimum absolute atomic E-state index is 0.163. The van der Waals surface area contributed by atoms with Crippen LogP contribution in [0.25, 0.3) is 0 Å². The Morgan fingerprint density at radius 1 is 1.08 bits per heavy atom. The Labute approximate surface area is 153 Å². The molecule has 3 rings (SSSR count). The summed E-state index contributed by atoms with van der Waals surface area (Å²) in [5.41, 5.74) is 1.74. The Balaban J connectivity index is 1.82. The highest BCUT2D eigenvalue weighted by Crippen LogP contribution is 2.26. The second-order valence-corrected chi connectivity index (χ2v) is 6.51. The van der Waals surface area contributed by atoms with Crippen molar-refractivity contribution in [3.63, 3.8) is 0 Å². The molecule has 0 atom stereocenters. The molecule has 1 fully saturated rings. The van der Waals surface area contributed by atoms with Crippen LogP contribution in [0.3, 0.4) is 0 Å². The number of benzene rings is 2. The third kappa shape index (κ3) is 4.18. The largest absolute Gasteiger partial charge is 0.478 e. The highest BCUT2D eigenvalue weighted by molar-refractivity contribution is 9.10. The molecule has 25 heavy (non-hydrogen) atoms. The molecule has 2 aromatic rings. The maximum Gasteiger partial charge on any atom is 0.337 e. The van der Waals surface area contributed by atoms with Crippen molar-refractivity contribution in [1.82, 2.24) is 0 Å². The third-order valence-corrected chi connectivity index (χ3v) is 4.47. The fraction of sp³-hybridized carbons (Fsp3) is 0.222. The van der Waals surface area contributed by atoms with E-state index in [1.807, 2.05) is 4.90 Å². The molecule has 1 aliphatic rings. The van der Waals surface area contributed by atoms with Crippen molar-refractivity contribution in [2.45, 2.75) is 0 Å². The number of morpholine rings is 1. The molecule has 1 amide bonds. The number of carboxylic acid groups (broad SMARTS) is 1. The van der Waals surface area contributed by atoms with Gasteiger partial charge in [0.15, 0.2) is 0 Å². The summed E-state index contributed by atoms with van der Waals surface area (Å²) in [5, 5.41) is 12.3. The molecule has 0 aliphatic carbocycles. The second-order valence-electron chi connectivity index (χ2n) is 5.60. The summed E-state index contributed by atoms with van der Waals surface area (Å²) in [6, 6.07) is 11.9. The number of carbonyl (C=O) groups is 2. The zero-order chi connectivity index (χ0) is 17.8. The normalized spacial score (nSPS) is 14.2. The van der Waals surface area contributed by atoms with E-state index in [2.05, 4.69) is 21.2 Å². The van der Waals surface area contributed by atoms with Crippen LogP contribution < -0.4 is 10.2 Å². The van der Waals surface area contributed by atoms with Crippen LogP contribution >= 0.6 is 15.9 Å². The van der Waals surface area contributed by atoms with Gasteiger partial charge in [0, 0.05) is 28.8 Å². The minimum Gasteiger partial charge on any atom is -0.478 e. The predicted octanol–water partition coefficient (Wildman–Crippen LogP) is 3.24. The van der Waals surface area contributed by atoms with E-state index in [-0.39, 0.29) is 11.5 Å². The molecule has 0 saturated carbocycles. The van der Waals surface area contributed by atoms with E-state index in [9.17, 15) is 14.7 Å².